The van der Waals surface area contributed by atoms with E-state index in [9.17, 15) is 24.3 Å². The Kier molecular flexibility index (Phi) is 6.89. The van der Waals surface area contributed by atoms with E-state index in [0.29, 0.717) is 11.3 Å². The minimum absolute atomic E-state index is 0.0298. The molecule has 0 saturated carbocycles. The van der Waals surface area contributed by atoms with Gasteiger partial charge in [-0.2, -0.15) is 4.57 Å². The van der Waals surface area contributed by atoms with E-state index in [1.165, 1.54) is 23.2 Å². The number of carboxylic acids is 2. The van der Waals surface area contributed by atoms with E-state index in [0.717, 1.165) is 16.2 Å². The molecule has 1 unspecified atom stereocenters. The number of amides is 2. The Morgan fingerprint density at radius 2 is 2.09 bits per heavy atom. The van der Waals surface area contributed by atoms with Gasteiger partial charge >= 0.3 is 5.97 Å². The van der Waals surface area contributed by atoms with E-state index in [1.54, 1.807) is 12.4 Å². The zero-order valence-corrected chi connectivity index (χ0v) is 20.0. The van der Waals surface area contributed by atoms with Crippen LogP contribution in [0.5, 0.6) is 0 Å². The van der Waals surface area contributed by atoms with Crippen LogP contribution in [0.15, 0.2) is 53.3 Å². The molecule has 2 aliphatic rings. The number of hydrogen-bond donors (Lipinski definition) is 3. The molecule has 4 heterocycles. The summed E-state index contributed by atoms with van der Waals surface area (Å²) in [5.74, 6) is -3.58. The SMILES string of the molecule is CC(C1=C(C(=O)[O-])N2C(=O)[C@@H](NC(=O)/C(=C/CC(=O)O)c3csc(N)n3)[C@H]2SC1)[n+]1ccccc1. The summed E-state index contributed by atoms with van der Waals surface area (Å²) in [6.45, 7) is 1.84. The van der Waals surface area contributed by atoms with Gasteiger partial charge in [-0.25, -0.2) is 4.98 Å². The second-order valence-corrected chi connectivity index (χ2v) is 9.80. The number of carboxylic acid groups (broad SMARTS) is 2. The number of nitrogens with one attached hydrogen (secondary N) is 1. The van der Waals surface area contributed by atoms with E-state index in [2.05, 4.69) is 10.3 Å². The Morgan fingerprint density at radius 3 is 2.69 bits per heavy atom. The van der Waals surface area contributed by atoms with Crippen molar-refractivity contribution in [3.8, 4) is 0 Å². The summed E-state index contributed by atoms with van der Waals surface area (Å²) in [6, 6.07) is 4.15. The van der Waals surface area contributed by atoms with E-state index in [-0.39, 0.29) is 28.1 Å². The molecule has 2 aromatic heterocycles. The minimum atomic E-state index is -1.47. The van der Waals surface area contributed by atoms with Gasteiger partial charge in [0.1, 0.15) is 11.4 Å². The molecule has 1 fully saturated rings. The van der Waals surface area contributed by atoms with Crippen LogP contribution in [0.25, 0.3) is 5.57 Å². The Bertz CT molecular complexity index is 1260. The average Bonchev–Trinajstić information content (AvgIpc) is 3.27. The predicted octanol–water partition coefficient (Wildman–Crippen LogP) is -0.464. The Morgan fingerprint density at radius 1 is 1.37 bits per heavy atom. The molecule has 0 aliphatic carbocycles. The fourth-order valence-electron chi connectivity index (χ4n) is 3.93. The van der Waals surface area contributed by atoms with Crippen molar-refractivity contribution in [2.45, 2.75) is 30.8 Å². The summed E-state index contributed by atoms with van der Waals surface area (Å²) in [6.07, 6.45) is 4.38. The molecule has 4 rings (SSSR count). The molecule has 4 N–H and O–H groups in total. The fourth-order valence-corrected chi connectivity index (χ4v) is 5.96. The first kappa shape index (κ1) is 24.4. The standard InChI is InChI=1S/C22H21N5O6S2/c1-11(26-7-3-2-4-8-26)13-9-34-20-16(19(31)27(20)17(13)21(32)33)25-18(30)12(5-6-15(28)29)14-10-35-22(23)24-14/h2-5,7-8,10-11,16,20H,6,9H2,1H3,(H4-,23,24,25,28,29,30,32,33)/b12-5+/t11?,16-,20-/m1/s1. The number of aromatic nitrogens is 2. The van der Waals surface area contributed by atoms with E-state index in [1.807, 2.05) is 29.7 Å². The number of nitrogens with zero attached hydrogens (tertiary/aromatic N) is 3. The van der Waals surface area contributed by atoms with Gasteiger partial charge in [0.15, 0.2) is 23.6 Å². The highest BCUT2D eigenvalue weighted by Gasteiger charge is 2.54. The summed E-state index contributed by atoms with van der Waals surface area (Å²) in [4.78, 5) is 54.3. The molecule has 35 heavy (non-hydrogen) atoms. The molecule has 0 radical (unpaired) electrons. The van der Waals surface area contributed by atoms with E-state index < -0.39 is 41.6 Å². The number of thioether (sulfide) groups is 1. The van der Waals surface area contributed by atoms with Crippen LogP contribution in [0.4, 0.5) is 5.13 Å². The maximum absolute atomic E-state index is 13.0. The van der Waals surface area contributed by atoms with Crippen LogP contribution in [0, 0.1) is 0 Å². The topological polar surface area (TPSA) is 170 Å². The van der Waals surface area contributed by atoms with Crippen molar-refractivity contribution >= 4 is 57.6 Å². The highest BCUT2D eigenvalue weighted by Crippen LogP contribution is 2.42. The molecular formula is C22H21N5O6S2. The number of nitrogen functional groups attached to an aromatic ring is 1. The molecular weight excluding hydrogens is 494 g/mol. The number of pyridine rings is 1. The number of anilines is 1. The summed E-state index contributed by atoms with van der Waals surface area (Å²) in [7, 11) is 0. The van der Waals surface area contributed by atoms with Gasteiger partial charge in [0.2, 0.25) is 0 Å². The van der Waals surface area contributed by atoms with Crippen LogP contribution in [0.2, 0.25) is 0 Å². The number of β-lactam (4-membered cyclic amide) rings is 1. The van der Waals surface area contributed by atoms with Crippen LogP contribution >= 0.6 is 23.1 Å². The van der Waals surface area contributed by atoms with E-state index in [4.69, 9.17) is 10.8 Å². The summed E-state index contributed by atoms with van der Waals surface area (Å²) in [5, 5.41) is 24.7. The third-order valence-electron chi connectivity index (χ3n) is 5.69. The second kappa shape index (κ2) is 9.88. The highest BCUT2D eigenvalue weighted by atomic mass is 32.2. The third kappa shape index (κ3) is 4.77. The van der Waals surface area contributed by atoms with Crippen LogP contribution in [0.1, 0.15) is 25.1 Å². The Labute approximate surface area is 208 Å². The maximum Gasteiger partial charge on any atom is 0.307 e. The monoisotopic (exact) mass is 515 g/mol. The molecule has 2 aliphatic heterocycles. The summed E-state index contributed by atoms with van der Waals surface area (Å²) in [5.41, 5.74) is 6.14. The molecule has 0 spiro atoms. The molecule has 0 aromatic carbocycles. The third-order valence-corrected chi connectivity index (χ3v) is 7.67. The first-order chi connectivity index (χ1) is 16.7. The number of thiazole rings is 1. The Balaban J connectivity index is 1.57. The van der Waals surface area contributed by atoms with Gasteiger partial charge in [-0.05, 0) is 0 Å². The lowest BCUT2D eigenvalue weighted by Gasteiger charge is -2.50. The first-order valence-corrected chi connectivity index (χ1v) is 12.4. The van der Waals surface area contributed by atoms with Crippen molar-refractivity contribution in [3.05, 3.63) is 59.0 Å². The molecule has 3 atom stereocenters. The number of hydrogen-bond acceptors (Lipinski definition) is 9. The van der Waals surface area contributed by atoms with Crippen molar-refractivity contribution < 1.29 is 34.0 Å². The second-order valence-electron chi connectivity index (χ2n) is 7.81. The number of carbonyl (C=O) groups is 4. The molecule has 0 bridgehead atoms. The molecule has 1 saturated heterocycles. The Hall–Kier alpha value is -3.71. The maximum atomic E-state index is 13.0. The number of carbonyl (C=O) groups excluding carboxylic acids is 3. The van der Waals surface area contributed by atoms with Crippen molar-refractivity contribution in [1.82, 2.24) is 15.2 Å². The van der Waals surface area contributed by atoms with Crippen LogP contribution in [-0.4, -0.2) is 55.9 Å². The molecule has 182 valence electrons. The largest absolute Gasteiger partial charge is 0.543 e. The zero-order valence-electron chi connectivity index (χ0n) is 18.4. The van der Waals surface area contributed by atoms with Gasteiger partial charge in [0.25, 0.3) is 11.8 Å². The van der Waals surface area contributed by atoms with Crippen molar-refractivity contribution in [2.75, 3.05) is 11.5 Å². The molecule has 13 heteroatoms. The van der Waals surface area contributed by atoms with Crippen molar-refractivity contribution in [2.24, 2.45) is 0 Å². The van der Waals surface area contributed by atoms with E-state index >= 15 is 0 Å². The number of aliphatic carboxylic acids is 2. The van der Waals surface area contributed by atoms with Crippen molar-refractivity contribution in [3.63, 3.8) is 0 Å². The fraction of sp³-hybridized carbons (Fsp3) is 0.273. The number of fused-ring (bicyclic) bond motifs is 1. The average molecular weight is 516 g/mol. The first-order valence-electron chi connectivity index (χ1n) is 10.5. The lowest BCUT2D eigenvalue weighted by molar-refractivity contribution is -0.711. The minimum Gasteiger partial charge on any atom is -0.543 e. The smallest absolute Gasteiger partial charge is 0.307 e. The summed E-state index contributed by atoms with van der Waals surface area (Å²) >= 11 is 2.41. The predicted molar refractivity (Wildman–Crippen MR) is 125 cm³/mol. The lowest BCUT2D eigenvalue weighted by atomic mass is 9.99. The van der Waals surface area contributed by atoms with Gasteiger partial charge in [-0.1, -0.05) is 12.1 Å². The van der Waals surface area contributed by atoms with Crippen LogP contribution in [-0.2, 0) is 19.2 Å². The molecule has 11 nitrogen and oxygen atoms in total. The summed E-state index contributed by atoms with van der Waals surface area (Å²) < 4.78 is 1.84. The van der Waals surface area contributed by atoms with Crippen LogP contribution in [0.3, 0.4) is 0 Å². The highest BCUT2D eigenvalue weighted by molar-refractivity contribution is 8.00. The zero-order chi connectivity index (χ0) is 25.3. The number of nitrogens with two attached hydrogens (primary N) is 1. The number of rotatable bonds is 8. The van der Waals surface area contributed by atoms with Gasteiger partial charge < -0.3 is 26.1 Å². The van der Waals surface area contributed by atoms with Gasteiger partial charge in [-0.15, -0.1) is 23.1 Å². The van der Waals surface area contributed by atoms with Gasteiger partial charge in [-0.3, -0.25) is 19.3 Å². The van der Waals surface area contributed by atoms with Crippen LogP contribution < -0.4 is 20.7 Å². The van der Waals surface area contributed by atoms with Crippen molar-refractivity contribution in [1.29, 1.82) is 0 Å². The van der Waals surface area contributed by atoms with Gasteiger partial charge in [0.05, 0.1) is 29.4 Å². The molecule has 2 aromatic rings. The lowest BCUT2D eigenvalue weighted by Crippen LogP contribution is -2.71. The van der Waals surface area contributed by atoms with Gasteiger partial charge in [0, 0.05) is 35.8 Å². The molecule has 2 amide bonds. The quantitative estimate of drug-likeness (QED) is 0.239. The normalized spacial score (nSPS) is 20.7.